The van der Waals surface area contributed by atoms with E-state index in [0.717, 1.165) is 37.5 Å². The zero-order valence-electron chi connectivity index (χ0n) is 21.8. The molecule has 2 aliphatic heterocycles. The highest BCUT2D eigenvalue weighted by molar-refractivity contribution is 6.13. The minimum Gasteiger partial charge on any atom is -0.381 e. The molecule has 2 N–H and O–H groups in total. The molecule has 5 amide bonds. The quantitative estimate of drug-likeness (QED) is 0.189. The summed E-state index contributed by atoms with van der Waals surface area (Å²) in [5.74, 6) is -1.14. The van der Waals surface area contributed by atoms with Gasteiger partial charge in [0.15, 0.2) is 0 Å². The van der Waals surface area contributed by atoms with E-state index in [1.807, 2.05) is 6.92 Å². The number of rotatable bonds is 14. The van der Waals surface area contributed by atoms with Crippen LogP contribution >= 0.6 is 0 Å². The van der Waals surface area contributed by atoms with Crippen molar-refractivity contribution in [3.8, 4) is 0 Å². The summed E-state index contributed by atoms with van der Waals surface area (Å²) in [6.07, 6.45) is 8.64. The number of imide groups is 2. The number of hydrogen-bond donors (Lipinski definition) is 2. The van der Waals surface area contributed by atoms with Crippen LogP contribution in [0, 0.1) is 0 Å². The summed E-state index contributed by atoms with van der Waals surface area (Å²) < 4.78 is 10.5. The molecule has 2 rings (SSSR count). The van der Waals surface area contributed by atoms with Crippen molar-refractivity contribution in [2.24, 2.45) is 0 Å². The van der Waals surface area contributed by atoms with Gasteiger partial charge in [-0.2, -0.15) is 0 Å². The van der Waals surface area contributed by atoms with Gasteiger partial charge in [0.05, 0.1) is 0 Å². The number of hydrazine groups is 1. The third-order valence-electron chi connectivity index (χ3n) is 4.44. The summed E-state index contributed by atoms with van der Waals surface area (Å²) in [6, 6.07) is 0. The van der Waals surface area contributed by atoms with Crippen LogP contribution in [0.5, 0.6) is 0 Å². The number of nitrogens with one attached hydrogen (secondary N) is 2. The zero-order chi connectivity index (χ0) is 27.3. The molecule has 0 saturated carbocycles. The maximum atomic E-state index is 11.1. The van der Waals surface area contributed by atoms with Gasteiger partial charge in [0.25, 0.3) is 23.6 Å². The molecule has 0 atom stereocenters. The number of ether oxygens (including phenoxy) is 2. The highest BCUT2D eigenvalue weighted by Gasteiger charge is 2.22. The fraction of sp³-hybridized carbons (Fsp3) is 0.607. The smallest absolute Gasteiger partial charge is 0.268 e. The van der Waals surface area contributed by atoms with Crippen molar-refractivity contribution in [1.82, 2.24) is 20.7 Å². The van der Waals surface area contributed by atoms with Gasteiger partial charge in [0.2, 0.25) is 5.91 Å². The van der Waals surface area contributed by atoms with Gasteiger partial charge < -0.3 is 14.8 Å². The molecule has 0 saturated heterocycles. The molecule has 11 heteroatoms. The van der Waals surface area contributed by atoms with E-state index in [0.29, 0.717) is 38.3 Å². The van der Waals surface area contributed by atoms with Crippen molar-refractivity contribution in [3.05, 3.63) is 36.5 Å². The topological polar surface area (TPSA) is 134 Å². The molecule has 0 unspecified atom stereocenters. The lowest BCUT2D eigenvalue weighted by Gasteiger charge is -2.12. The van der Waals surface area contributed by atoms with Crippen LogP contribution in [-0.4, -0.2) is 86.0 Å². The highest BCUT2D eigenvalue weighted by Crippen LogP contribution is 2.04. The summed E-state index contributed by atoms with van der Waals surface area (Å²) in [7, 11) is 1.52. The van der Waals surface area contributed by atoms with Crippen molar-refractivity contribution in [1.29, 1.82) is 0 Å². The molecule has 0 aromatic heterocycles. The average Bonchev–Trinajstić information content (AvgIpc) is 3.35. The van der Waals surface area contributed by atoms with Crippen LogP contribution in [-0.2, 0) is 33.4 Å². The van der Waals surface area contributed by atoms with Crippen LogP contribution in [0.4, 0.5) is 0 Å². The van der Waals surface area contributed by atoms with E-state index in [9.17, 15) is 24.0 Å². The molecule has 0 aromatic rings. The Labute approximate surface area is 235 Å². The molecule has 2 heterocycles. The summed E-state index contributed by atoms with van der Waals surface area (Å²) in [5, 5.41) is 3.67. The van der Waals surface area contributed by atoms with E-state index in [-0.39, 0.29) is 51.8 Å². The van der Waals surface area contributed by atoms with Gasteiger partial charge in [0.1, 0.15) is 0 Å². The molecule has 0 spiro atoms. The number of carbonyl (C=O) groups excluding carboxylic acids is 5. The second-order valence-corrected chi connectivity index (χ2v) is 7.70. The predicted molar refractivity (Wildman–Crippen MR) is 155 cm³/mol. The average molecular weight is 557 g/mol. The fourth-order valence-corrected chi connectivity index (χ4v) is 2.62. The van der Waals surface area contributed by atoms with Crippen molar-refractivity contribution >= 4 is 29.5 Å². The van der Waals surface area contributed by atoms with E-state index in [1.165, 1.54) is 36.3 Å². The van der Waals surface area contributed by atoms with E-state index >= 15 is 0 Å². The molecule has 0 fully saturated rings. The minimum absolute atomic E-state index is 0. The largest absolute Gasteiger partial charge is 0.381 e. The van der Waals surface area contributed by atoms with Gasteiger partial charge in [-0.05, 0) is 32.6 Å². The molecule has 0 aromatic carbocycles. The number of carbonyl (C=O) groups is 5. The first-order valence-electron chi connectivity index (χ1n) is 12.1. The van der Waals surface area contributed by atoms with E-state index in [2.05, 4.69) is 24.2 Å². The Morgan fingerprint density at radius 3 is 1.62 bits per heavy atom. The fourth-order valence-electron chi connectivity index (χ4n) is 2.62. The Balaban J connectivity index is -0.000000231. The first-order valence-corrected chi connectivity index (χ1v) is 12.1. The SMILES string of the molecule is C.C.C.C=C(C)C(=O)NCCCOCCC.CCCOCCCN1C(=O)C=CC1=O.CNN1C(=O)C=CC1=O. The van der Waals surface area contributed by atoms with Crippen LogP contribution in [0.3, 0.4) is 0 Å². The maximum Gasteiger partial charge on any atom is 0.268 e. The van der Waals surface area contributed by atoms with E-state index in [1.54, 1.807) is 6.92 Å². The minimum atomic E-state index is -0.317. The number of nitrogens with zero attached hydrogens (tertiary/aromatic N) is 2. The second-order valence-electron chi connectivity index (χ2n) is 7.70. The first-order chi connectivity index (χ1) is 17.2. The van der Waals surface area contributed by atoms with Crippen molar-refractivity contribution < 1.29 is 33.4 Å². The summed E-state index contributed by atoms with van der Waals surface area (Å²) in [4.78, 5) is 55.5. The first kappa shape index (κ1) is 42.9. The molecule has 0 bridgehead atoms. The lowest BCUT2D eigenvalue weighted by molar-refractivity contribution is -0.140. The van der Waals surface area contributed by atoms with Crippen LogP contribution < -0.4 is 10.7 Å². The molecular formula is C28H52N4O7. The third-order valence-corrected chi connectivity index (χ3v) is 4.44. The van der Waals surface area contributed by atoms with E-state index < -0.39 is 0 Å². The Bertz CT molecular complexity index is 774. The molecule has 11 nitrogen and oxygen atoms in total. The molecular weight excluding hydrogens is 504 g/mol. The Morgan fingerprint density at radius 2 is 1.23 bits per heavy atom. The van der Waals surface area contributed by atoms with Crippen LogP contribution in [0.25, 0.3) is 0 Å². The molecule has 0 radical (unpaired) electrons. The van der Waals surface area contributed by atoms with Crippen LogP contribution in [0.1, 0.15) is 68.7 Å². The Morgan fingerprint density at radius 1 is 0.795 bits per heavy atom. The second kappa shape index (κ2) is 26.5. The molecule has 0 aliphatic carbocycles. The van der Waals surface area contributed by atoms with Crippen molar-refractivity contribution in [2.45, 2.75) is 68.7 Å². The van der Waals surface area contributed by atoms with Gasteiger partial charge in [-0.25, -0.2) is 10.4 Å². The normalized spacial score (nSPS) is 12.9. The van der Waals surface area contributed by atoms with E-state index in [4.69, 9.17) is 9.47 Å². The lowest BCUT2D eigenvalue weighted by atomic mass is 10.3. The molecule has 226 valence electrons. The standard InChI is InChI=1S/C10H15NO3.C10H19NO2.C5H6N2O2.3CH4/c1-2-7-14-8-3-6-11-9(12)4-5-10(11)13;1-4-7-13-8-5-6-11-10(12)9(2)3;1-6-7-4(8)2-3-5(7)9;;;/h4-5H,2-3,6-8H2,1H3;2,4-8H2,1,3H3,(H,11,12);2-3,6H,1H3;3*1H4. The molecule has 2 aliphatic rings. The van der Waals surface area contributed by atoms with Gasteiger partial charge in [-0.3, -0.25) is 28.9 Å². The van der Waals surface area contributed by atoms with Crippen LogP contribution in [0.2, 0.25) is 0 Å². The number of amides is 5. The third kappa shape index (κ3) is 19.6. The summed E-state index contributed by atoms with van der Waals surface area (Å²) in [5.41, 5.74) is 2.99. The van der Waals surface area contributed by atoms with Crippen LogP contribution in [0.15, 0.2) is 36.5 Å². The van der Waals surface area contributed by atoms with Gasteiger partial charge in [-0.1, -0.05) is 42.7 Å². The maximum absolute atomic E-state index is 11.1. The zero-order valence-corrected chi connectivity index (χ0v) is 21.8. The van der Waals surface area contributed by atoms with Gasteiger partial charge in [-0.15, -0.1) is 0 Å². The van der Waals surface area contributed by atoms with Gasteiger partial charge in [0, 0.05) is 76.4 Å². The van der Waals surface area contributed by atoms with Gasteiger partial charge >= 0.3 is 0 Å². The van der Waals surface area contributed by atoms with Crippen molar-refractivity contribution in [3.63, 3.8) is 0 Å². The Kier molecular flexibility index (Phi) is 29.1. The predicted octanol–water partition coefficient (Wildman–Crippen LogP) is 3.18. The highest BCUT2D eigenvalue weighted by atomic mass is 16.5. The lowest BCUT2D eigenvalue weighted by Crippen LogP contribution is -2.39. The summed E-state index contributed by atoms with van der Waals surface area (Å²) in [6.45, 7) is 13.3. The molecule has 39 heavy (non-hydrogen) atoms. The number of hydrogen-bond acceptors (Lipinski definition) is 8. The van der Waals surface area contributed by atoms with Crippen molar-refractivity contribution in [2.75, 3.05) is 46.6 Å². The Hall–Kier alpha value is -3.15. The monoisotopic (exact) mass is 556 g/mol. The summed E-state index contributed by atoms with van der Waals surface area (Å²) >= 11 is 0.